The fourth-order valence-corrected chi connectivity index (χ4v) is 4.34. The van der Waals surface area contributed by atoms with E-state index in [0.29, 0.717) is 11.3 Å². The Morgan fingerprint density at radius 1 is 1.19 bits per heavy atom. The second-order valence-corrected chi connectivity index (χ2v) is 9.25. The second kappa shape index (κ2) is 8.62. The minimum Gasteiger partial charge on any atom is -0.496 e. The molecule has 0 spiro atoms. The molecule has 0 aliphatic heterocycles. The van der Waals surface area contributed by atoms with Crippen LogP contribution in [0.5, 0.6) is 5.75 Å². The van der Waals surface area contributed by atoms with E-state index >= 15 is 0 Å². The van der Waals surface area contributed by atoms with Gasteiger partial charge in [0.05, 0.1) is 24.5 Å². The molecule has 3 rings (SSSR count). The molecule has 164 valence electrons. The molecule has 9 heteroatoms. The van der Waals surface area contributed by atoms with Gasteiger partial charge in [-0.1, -0.05) is 30.3 Å². The normalized spacial score (nSPS) is 14.6. The number of aliphatic hydroxyl groups is 1. The standard InChI is InChI=1S/C22H23FN2O5S/c1-22(31(24,28)29,14-6-4-3-5-7-14)20(26)13-16-9-11-18(25-16)21(27)17-10-8-15(23)12-19(17)30-2/h3-12,20,25-26H,13H2,1-2H3,(H2,24,28,29). The lowest BCUT2D eigenvalue weighted by molar-refractivity contribution is 0.103. The van der Waals surface area contributed by atoms with Crippen LogP contribution in [-0.4, -0.2) is 37.5 Å². The highest BCUT2D eigenvalue weighted by Crippen LogP contribution is 2.33. The summed E-state index contributed by atoms with van der Waals surface area (Å²) in [4.78, 5) is 15.7. The number of aliphatic hydroxyl groups excluding tert-OH is 1. The van der Waals surface area contributed by atoms with E-state index in [2.05, 4.69) is 4.98 Å². The summed E-state index contributed by atoms with van der Waals surface area (Å²) in [5, 5.41) is 16.3. The first-order chi connectivity index (χ1) is 14.6. The van der Waals surface area contributed by atoms with E-state index in [4.69, 9.17) is 9.88 Å². The summed E-state index contributed by atoms with van der Waals surface area (Å²) in [6.45, 7) is 1.36. The van der Waals surface area contributed by atoms with Crippen LogP contribution < -0.4 is 9.88 Å². The molecule has 1 heterocycles. The highest BCUT2D eigenvalue weighted by atomic mass is 32.2. The Morgan fingerprint density at radius 2 is 1.87 bits per heavy atom. The first-order valence-electron chi connectivity index (χ1n) is 9.40. The van der Waals surface area contributed by atoms with Crippen molar-refractivity contribution in [2.45, 2.75) is 24.2 Å². The van der Waals surface area contributed by atoms with Crippen molar-refractivity contribution >= 4 is 15.8 Å². The number of ketones is 1. The van der Waals surface area contributed by atoms with Crippen LogP contribution in [0.3, 0.4) is 0 Å². The minimum absolute atomic E-state index is 0.0899. The Hall–Kier alpha value is -3.01. The number of methoxy groups -OCH3 is 1. The molecule has 31 heavy (non-hydrogen) atoms. The molecule has 7 nitrogen and oxygen atoms in total. The van der Waals surface area contributed by atoms with Crippen LogP contribution in [0.2, 0.25) is 0 Å². The number of H-pyrrole nitrogens is 1. The average molecular weight is 447 g/mol. The Morgan fingerprint density at radius 3 is 2.48 bits per heavy atom. The van der Waals surface area contributed by atoms with Gasteiger partial charge in [0.15, 0.2) is 0 Å². The van der Waals surface area contributed by atoms with Crippen LogP contribution in [-0.2, 0) is 21.2 Å². The molecule has 0 radical (unpaired) electrons. The van der Waals surface area contributed by atoms with E-state index in [1.54, 1.807) is 36.4 Å². The van der Waals surface area contributed by atoms with Gasteiger partial charge in [0.2, 0.25) is 15.8 Å². The van der Waals surface area contributed by atoms with Gasteiger partial charge in [-0.25, -0.2) is 17.9 Å². The lowest BCUT2D eigenvalue weighted by Gasteiger charge is -2.32. The maximum Gasteiger partial charge on any atom is 0.221 e. The molecule has 0 bridgehead atoms. The van der Waals surface area contributed by atoms with Crippen molar-refractivity contribution in [3.8, 4) is 5.75 Å². The number of aromatic nitrogens is 1. The number of rotatable bonds is 8. The molecule has 0 saturated heterocycles. The molecule has 0 aliphatic rings. The zero-order chi connectivity index (χ0) is 22.8. The maximum atomic E-state index is 13.4. The number of hydrogen-bond donors (Lipinski definition) is 3. The smallest absolute Gasteiger partial charge is 0.221 e. The van der Waals surface area contributed by atoms with Crippen molar-refractivity contribution < 1.29 is 27.4 Å². The fourth-order valence-electron chi connectivity index (χ4n) is 3.41. The third-order valence-corrected chi connectivity index (χ3v) is 7.08. The lowest BCUT2D eigenvalue weighted by atomic mass is 9.91. The Balaban J connectivity index is 1.89. The quantitative estimate of drug-likeness (QED) is 0.459. The monoisotopic (exact) mass is 446 g/mol. The average Bonchev–Trinajstić information content (AvgIpc) is 3.20. The van der Waals surface area contributed by atoms with Crippen molar-refractivity contribution in [3.63, 3.8) is 0 Å². The number of hydrogen-bond acceptors (Lipinski definition) is 5. The van der Waals surface area contributed by atoms with E-state index in [1.807, 2.05) is 0 Å². The highest BCUT2D eigenvalue weighted by Gasteiger charge is 2.45. The topological polar surface area (TPSA) is 122 Å². The van der Waals surface area contributed by atoms with E-state index in [9.17, 15) is 22.7 Å². The number of primary sulfonamides is 1. The first-order valence-corrected chi connectivity index (χ1v) is 10.9. The molecular weight excluding hydrogens is 423 g/mol. The summed E-state index contributed by atoms with van der Waals surface area (Å²) >= 11 is 0. The van der Waals surface area contributed by atoms with Crippen LogP contribution >= 0.6 is 0 Å². The molecule has 0 fully saturated rings. The lowest BCUT2D eigenvalue weighted by Crippen LogP contribution is -2.48. The summed E-state index contributed by atoms with van der Waals surface area (Å²) in [7, 11) is -2.85. The Labute approximate surface area is 179 Å². The van der Waals surface area contributed by atoms with Gasteiger partial charge in [-0.15, -0.1) is 0 Å². The zero-order valence-electron chi connectivity index (χ0n) is 17.0. The number of nitrogens with one attached hydrogen (secondary N) is 1. The molecule has 1 aromatic heterocycles. The molecule has 2 unspecified atom stereocenters. The van der Waals surface area contributed by atoms with Crippen LogP contribution in [0, 0.1) is 5.82 Å². The van der Waals surface area contributed by atoms with Crippen LogP contribution in [0.25, 0.3) is 0 Å². The van der Waals surface area contributed by atoms with E-state index < -0.39 is 32.5 Å². The SMILES string of the molecule is COc1cc(F)ccc1C(=O)c1ccc(CC(O)C(C)(c2ccccc2)S(N)(=O)=O)[nH]1. The predicted octanol–water partition coefficient (Wildman–Crippen LogP) is 2.50. The number of halogens is 1. The third-order valence-electron chi connectivity index (χ3n) is 5.39. The van der Waals surface area contributed by atoms with Gasteiger partial charge in [0.25, 0.3) is 0 Å². The molecule has 0 amide bonds. The maximum absolute atomic E-state index is 13.4. The molecule has 3 aromatic rings. The molecule has 4 N–H and O–H groups in total. The van der Waals surface area contributed by atoms with Crippen molar-refractivity contribution in [2.24, 2.45) is 5.14 Å². The largest absolute Gasteiger partial charge is 0.496 e. The number of sulfonamides is 1. The number of carbonyl (C=O) groups excluding carboxylic acids is 1. The van der Waals surface area contributed by atoms with Gasteiger partial charge in [0, 0.05) is 18.2 Å². The number of carbonyl (C=O) groups is 1. The van der Waals surface area contributed by atoms with Gasteiger partial charge in [-0.2, -0.15) is 0 Å². The van der Waals surface area contributed by atoms with Crippen LogP contribution in [0.4, 0.5) is 4.39 Å². The van der Waals surface area contributed by atoms with Crippen molar-refractivity contribution in [3.05, 3.63) is 89.0 Å². The van der Waals surface area contributed by atoms with Gasteiger partial charge in [-0.3, -0.25) is 4.79 Å². The number of benzene rings is 2. The molecule has 2 atom stereocenters. The van der Waals surface area contributed by atoms with Gasteiger partial charge in [-0.05, 0) is 36.8 Å². The van der Waals surface area contributed by atoms with E-state index in [0.717, 1.165) is 12.1 Å². The summed E-state index contributed by atoms with van der Waals surface area (Å²) in [6, 6.07) is 14.9. The summed E-state index contributed by atoms with van der Waals surface area (Å²) in [5.41, 5.74) is 1.13. The molecule has 0 saturated carbocycles. The molecule has 2 aromatic carbocycles. The van der Waals surface area contributed by atoms with Gasteiger partial charge < -0.3 is 14.8 Å². The second-order valence-electron chi connectivity index (χ2n) is 7.31. The highest BCUT2D eigenvalue weighted by molar-refractivity contribution is 7.90. The third kappa shape index (κ3) is 4.39. The minimum atomic E-state index is -4.19. The van der Waals surface area contributed by atoms with Crippen LogP contribution in [0.15, 0.2) is 60.7 Å². The number of ether oxygens (including phenoxy) is 1. The first kappa shape index (κ1) is 22.7. The Bertz CT molecular complexity index is 1190. The summed E-state index contributed by atoms with van der Waals surface area (Å²) < 4.78 is 41.5. The van der Waals surface area contributed by atoms with Gasteiger partial charge in [0.1, 0.15) is 16.3 Å². The van der Waals surface area contributed by atoms with Crippen molar-refractivity contribution in [1.29, 1.82) is 0 Å². The van der Waals surface area contributed by atoms with Crippen LogP contribution in [0.1, 0.15) is 34.2 Å². The summed E-state index contributed by atoms with van der Waals surface area (Å²) in [6.07, 6.45) is -1.50. The fraction of sp³-hybridized carbons (Fsp3) is 0.227. The van der Waals surface area contributed by atoms with Gasteiger partial charge >= 0.3 is 0 Å². The van der Waals surface area contributed by atoms with E-state index in [1.165, 1.54) is 26.2 Å². The molecule has 0 aliphatic carbocycles. The van der Waals surface area contributed by atoms with Crippen molar-refractivity contribution in [1.82, 2.24) is 4.98 Å². The Kier molecular flexibility index (Phi) is 6.30. The van der Waals surface area contributed by atoms with E-state index in [-0.39, 0.29) is 23.4 Å². The van der Waals surface area contributed by atoms with Crippen molar-refractivity contribution in [2.75, 3.05) is 7.11 Å². The zero-order valence-corrected chi connectivity index (χ0v) is 17.8. The molecular formula is C22H23FN2O5S. The summed E-state index contributed by atoms with van der Waals surface area (Å²) in [5.74, 6) is -0.881. The predicted molar refractivity (Wildman–Crippen MR) is 114 cm³/mol. The number of aromatic amines is 1. The number of nitrogens with two attached hydrogens (primary N) is 1.